The summed E-state index contributed by atoms with van der Waals surface area (Å²) < 4.78 is 0. The summed E-state index contributed by atoms with van der Waals surface area (Å²) in [5.41, 5.74) is 1.22. The molecule has 0 aromatic carbocycles. The topological polar surface area (TPSA) is 44.7 Å². The number of rotatable bonds is 1. The molecule has 0 spiro atoms. The van der Waals surface area contributed by atoms with Gasteiger partial charge < -0.3 is 5.32 Å². The predicted molar refractivity (Wildman–Crippen MR) is 76.2 cm³/mol. The predicted octanol–water partition coefficient (Wildman–Crippen LogP) is 1.76. The van der Waals surface area contributed by atoms with Crippen molar-refractivity contribution in [2.45, 2.75) is 50.5 Å². The largest absolute Gasteiger partial charge is 0.311 e. The van der Waals surface area contributed by atoms with Crippen molar-refractivity contribution in [3.8, 4) is 0 Å². The Morgan fingerprint density at radius 1 is 1.10 bits per heavy atom. The Balaban J connectivity index is 1.51. The van der Waals surface area contributed by atoms with Crippen LogP contribution in [0, 0.1) is 23.7 Å². The highest BCUT2D eigenvalue weighted by molar-refractivity contribution is 6.09. The molecule has 0 aromatic heterocycles. The lowest BCUT2D eigenvalue weighted by molar-refractivity contribution is -0.150. The summed E-state index contributed by atoms with van der Waals surface area (Å²) in [5, 5.41) is 10.2. The van der Waals surface area contributed by atoms with Gasteiger partial charge in [0.1, 0.15) is 0 Å². The summed E-state index contributed by atoms with van der Waals surface area (Å²) in [5.74, 6) is 3.03. The van der Waals surface area contributed by atoms with Gasteiger partial charge in [0.25, 0.3) is 5.91 Å². The third-order valence-corrected chi connectivity index (χ3v) is 6.51. The van der Waals surface area contributed by atoms with E-state index in [0.717, 1.165) is 43.0 Å². The SMILES string of the molecule is O=C1C2CCNCC2=NN1C12CC3CC(CC(C3)C1)C2. The monoisotopic (exact) mass is 273 g/mol. The lowest BCUT2D eigenvalue weighted by Crippen LogP contribution is -2.59. The first-order valence-corrected chi connectivity index (χ1v) is 8.36. The number of hydrogen-bond acceptors (Lipinski definition) is 3. The number of carbonyl (C=O) groups is 1. The summed E-state index contributed by atoms with van der Waals surface area (Å²) in [4.78, 5) is 12.8. The van der Waals surface area contributed by atoms with E-state index in [0.29, 0.717) is 5.91 Å². The zero-order valence-electron chi connectivity index (χ0n) is 12.0. The summed E-state index contributed by atoms with van der Waals surface area (Å²) in [7, 11) is 0. The van der Waals surface area contributed by atoms with Crippen molar-refractivity contribution < 1.29 is 4.79 Å². The van der Waals surface area contributed by atoms with Crippen LogP contribution in [0.25, 0.3) is 0 Å². The smallest absolute Gasteiger partial charge is 0.252 e. The van der Waals surface area contributed by atoms with Gasteiger partial charge in [0, 0.05) is 6.54 Å². The van der Waals surface area contributed by atoms with Crippen LogP contribution in [0.2, 0.25) is 0 Å². The van der Waals surface area contributed by atoms with Crippen LogP contribution in [0.1, 0.15) is 44.9 Å². The van der Waals surface area contributed by atoms with Gasteiger partial charge >= 0.3 is 0 Å². The molecule has 1 unspecified atom stereocenters. The molecule has 2 heterocycles. The van der Waals surface area contributed by atoms with E-state index in [1.807, 2.05) is 5.01 Å². The van der Waals surface area contributed by atoms with Crippen LogP contribution in [0.15, 0.2) is 5.10 Å². The molecule has 108 valence electrons. The van der Waals surface area contributed by atoms with Crippen molar-refractivity contribution in [3.05, 3.63) is 0 Å². The van der Waals surface area contributed by atoms with Crippen LogP contribution >= 0.6 is 0 Å². The highest BCUT2D eigenvalue weighted by Crippen LogP contribution is 2.58. The molecule has 1 atom stereocenters. The van der Waals surface area contributed by atoms with Gasteiger partial charge in [0.05, 0.1) is 17.2 Å². The average molecular weight is 273 g/mol. The number of carbonyl (C=O) groups excluding carboxylic acids is 1. The maximum Gasteiger partial charge on any atom is 0.252 e. The highest BCUT2D eigenvalue weighted by Gasteiger charge is 2.57. The second kappa shape index (κ2) is 3.85. The first kappa shape index (κ1) is 11.7. The molecular weight excluding hydrogens is 250 g/mol. The van der Waals surface area contributed by atoms with Gasteiger partial charge in [-0.25, -0.2) is 5.01 Å². The zero-order chi connectivity index (χ0) is 13.3. The maximum atomic E-state index is 12.8. The molecular formula is C16H23N3O. The van der Waals surface area contributed by atoms with Gasteiger partial charge in [0.2, 0.25) is 0 Å². The Morgan fingerprint density at radius 3 is 2.35 bits per heavy atom. The lowest BCUT2D eigenvalue weighted by Gasteiger charge is -2.58. The molecule has 6 aliphatic rings. The van der Waals surface area contributed by atoms with E-state index in [9.17, 15) is 4.79 Å². The highest BCUT2D eigenvalue weighted by atomic mass is 16.2. The molecule has 5 fully saturated rings. The molecule has 4 heteroatoms. The van der Waals surface area contributed by atoms with Gasteiger partial charge in [-0.15, -0.1) is 0 Å². The molecule has 4 bridgehead atoms. The average Bonchev–Trinajstić information content (AvgIpc) is 2.76. The van der Waals surface area contributed by atoms with E-state index in [2.05, 4.69) is 5.32 Å². The first-order valence-electron chi connectivity index (χ1n) is 8.36. The fourth-order valence-corrected chi connectivity index (χ4v) is 6.11. The van der Waals surface area contributed by atoms with E-state index in [1.165, 1.54) is 38.5 Å². The minimum atomic E-state index is 0.101. The molecule has 2 aliphatic heterocycles. The van der Waals surface area contributed by atoms with Crippen LogP contribution in [0.5, 0.6) is 0 Å². The van der Waals surface area contributed by atoms with Gasteiger partial charge in [-0.05, 0) is 69.2 Å². The molecule has 1 saturated heterocycles. The van der Waals surface area contributed by atoms with Crippen LogP contribution in [0.3, 0.4) is 0 Å². The van der Waals surface area contributed by atoms with Crippen molar-refractivity contribution in [1.82, 2.24) is 10.3 Å². The number of piperidine rings is 1. The Bertz CT molecular complexity index is 463. The van der Waals surface area contributed by atoms with Crippen LogP contribution in [-0.2, 0) is 4.79 Å². The van der Waals surface area contributed by atoms with Crippen molar-refractivity contribution in [2.24, 2.45) is 28.8 Å². The fraction of sp³-hybridized carbons (Fsp3) is 0.875. The van der Waals surface area contributed by atoms with Gasteiger partial charge in [-0.2, -0.15) is 5.10 Å². The molecule has 20 heavy (non-hydrogen) atoms. The Morgan fingerprint density at radius 2 is 1.75 bits per heavy atom. The van der Waals surface area contributed by atoms with Crippen LogP contribution < -0.4 is 5.32 Å². The van der Waals surface area contributed by atoms with E-state index in [4.69, 9.17) is 5.10 Å². The molecule has 4 saturated carbocycles. The number of nitrogens with zero attached hydrogens (tertiary/aromatic N) is 2. The summed E-state index contributed by atoms with van der Waals surface area (Å²) in [6, 6.07) is 0. The normalized spacial score (nSPS) is 49.5. The summed E-state index contributed by atoms with van der Waals surface area (Å²) >= 11 is 0. The zero-order valence-corrected chi connectivity index (χ0v) is 12.0. The van der Waals surface area contributed by atoms with Crippen molar-refractivity contribution in [2.75, 3.05) is 13.1 Å². The molecule has 1 N–H and O–H groups in total. The molecule has 4 nitrogen and oxygen atoms in total. The molecule has 6 rings (SSSR count). The van der Waals surface area contributed by atoms with Gasteiger partial charge in [-0.1, -0.05) is 0 Å². The summed E-state index contributed by atoms with van der Waals surface area (Å²) in [6.45, 7) is 1.78. The number of fused-ring (bicyclic) bond motifs is 1. The number of amides is 1. The van der Waals surface area contributed by atoms with Gasteiger partial charge in [0.15, 0.2) is 0 Å². The minimum Gasteiger partial charge on any atom is -0.311 e. The van der Waals surface area contributed by atoms with E-state index < -0.39 is 0 Å². The number of hydrogen-bond donors (Lipinski definition) is 1. The number of hydrazone groups is 1. The second-order valence-corrected chi connectivity index (χ2v) is 7.90. The Labute approximate surface area is 120 Å². The molecule has 0 aromatic rings. The standard InChI is InChI=1S/C16H23N3O/c20-15-13-1-2-17-9-14(13)18-19(15)16-6-10-3-11(7-16)5-12(4-10)8-16/h10-13,17H,1-9H2. The fourth-order valence-electron chi connectivity index (χ4n) is 6.11. The molecule has 0 radical (unpaired) electrons. The Kier molecular flexibility index (Phi) is 2.25. The number of nitrogens with one attached hydrogen (secondary N) is 1. The molecule has 4 aliphatic carbocycles. The minimum absolute atomic E-state index is 0.101. The van der Waals surface area contributed by atoms with E-state index in [1.54, 1.807) is 0 Å². The van der Waals surface area contributed by atoms with Crippen molar-refractivity contribution in [1.29, 1.82) is 0 Å². The van der Waals surface area contributed by atoms with Crippen LogP contribution in [0.4, 0.5) is 0 Å². The molecule has 1 amide bonds. The first-order chi connectivity index (χ1) is 9.73. The quantitative estimate of drug-likeness (QED) is 0.791. The van der Waals surface area contributed by atoms with E-state index in [-0.39, 0.29) is 11.5 Å². The third-order valence-electron chi connectivity index (χ3n) is 6.51. The van der Waals surface area contributed by atoms with Crippen molar-refractivity contribution in [3.63, 3.8) is 0 Å². The van der Waals surface area contributed by atoms with Crippen molar-refractivity contribution >= 4 is 11.6 Å². The Hall–Kier alpha value is -0.900. The third kappa shape index (κ3) is 1.46. The maximum absolute atomic E-state index is 12.8. The second-order valence-electron chi connectivity index (χ2n) is 7.90. The van der Waals surface area contributed by atoms with Crippen LogP contribution in [-0.4, -0.2) is 35.3 Å². The summed E-state index contributed by atoms with van der Waals surface area (Å²) in [6.07, 6.45) is 8.88. The lowest BCUT2D eigenvalue weighted by atomic mass is 9.52. The van der Waals surface area contributed by atoms with E-state index >= 15 is 0 Å². The van der Waals surface area contributed by atoms with Gasteiger partial charge in [-0.3, -0.25) is 4.79 Å².